The zero-order valence-corrected chi connectivity index (χ0v) is 14.2. The first-order chi connectivity index (χ1) is 10.9. The fraction of sp³-hybridized carbons (Fsp3) is 0.611. The molecule has 0 saturated heterocycles. The number of nitrogens with zero attached hydrogens (tertiary/aromatic N) is 3. The van der Waals surface area contributed by atoms with Gasteiger partial charge in [0.25, 0.3) is 0 Å². The van der Waals surface area contributed by atoms with E-state index < -0.39 is 5.60 Å². The molecule has 0 aromatic carbocycles. The lowest BCUT2D eigenvalue weighted by Crippen LogP contribution is -2.38. The molecule has 5 nitrogen and oxygen atoms in total. The summed E-state index contributed by atoms with van der Waals surface area (Å²) in [5.41, 5.74) is 1.69. The molecular formula is C18H25N3O2. The highest BCUT2D eigenvalue weighted by molar-refractivity contribution is 6.01. The number of aliphatic imine (C=N–C) groups is 1. The van der Waals surface area contributed by atoms with Crippen molar-refractivity contribution in [2.75, 3.05) is 11.4 Å². The van der Waals surface area contributed by atoms with Crippen LogP contribution in [0.15, 0.2) is 23.3 Å². The Hall–Kier alpha value is -1.91. The number of hydrogen-bond acceptors (Lipinski definition) is 4. The SMILES string of the molecule is CC(C)(C)OC(=O)N(c1ccc(C2=NCCCC2)cn1)C1CC1. The Morgan fingerprint density at radius 1 is 1.26 bits per heavy atom. The predicted molar refractivity (Wildman–Crippen MR) is 91.2 cm³/mol. The van der Waals surface area contributed by atoms with Crippen LogP contribution in [0.3, 0.4) is 0 Å². The van der Waals surface area contributed by atoms with E-state index in [1.807, 2.05) is 39.1 Å². The van der Waals surface area contributed by atoms with Crippen molar-refractivity contribution in [1.82, 2.24) is 4.98 Å². The summed E-state index contributed by atoms with van der Waals surface area (Å²) in [5, 5.41) is 0. The zero-order chi connectivity index (χ0) is 16.4. The van der Waals surface area contributed by atoms with E-state index in [9.17, 15) is 4.79 Å². The number of hydrogen-bond donors (Lipinski definition) is 0. The second-order valence-electron chi connectivity index (χ2n) is 7.27. The fourth-order valence-corrected chi connectivity index (χ4v) is 2.71. The summed E-state index contributed by atoms with van der Waals surface area (Å²) in [5.74, 6) is 0.668. The molecule has 0 atom stereocenters. The minimum Gasteiger partial charge on any atom is -0.443 e. The van der Waals surface area contributed by atoms with Gasteiger partial charge in [0.2, 0.25) is 0 Å². The molecule has 1 aliphatic carbocycles. The topological polar surface area (TPSA) is 54.8 Å². The molecule has 0 radical (unpaired) electrons. The van der Waals surface area contributed by atoms with Crippen molar-refractivity contribution in [1.29, 1.82) is 0 Å². The van der Waals surface area contributed by atoms with Crippen molar-refractivity contribution in [3.63, 3.8) is 0 Å². The van der Waals surface area contributed by atoms with Crippen LogP contribution in [0.5, 0.6) is 0 Å². The monoisotopic (exact) mass is 315 g/mol. The highest BCUT2D eigenvalue weighted by Gasteiger charge is 2.37. The summed E-state index contributed by atoms with van der Waals surface area (Å²) in [6, 6.07) is 4.15. The number of amides is 1. The number of anilines is 1. The molecule has 3 rings (SSSR count). The number of carbonyl (C=O) groups excluding carboxylic acids is 1. The quantitative estimate of drug-likeness (QED) is 0.848. The number of ether oxygens (including phenoxy) is 1. The summed E-state index contributed by atoms with van der Waals surface area (Å²) in [6.07, 6.45) is 6.91. The first kappa shape index (κ1) is 16.0. The summed E-state index contributed by atoms with van der Waals surface area (Å²) < 4.78 is 5.53. The number of carbonyl (C=O) groups is 1. The maximum Gasteiger partial charge on any atom is 0.416 e. The van der Waals surface area contributed by atoms with Crippen molar-refractivity contribution in [3.8, 4) is 0 Å². The Morgan fingerprint density at radius 3 is 2.57 bits per heavy atom. The third-order valence-corrected chi connectivity index (χ3v) is 3.95. The zero-order valence-electron chi connectivity index (χ0n) is 14.2. The normalized spacial score (nSPS) is 18.3. The Labute approximate surface area is 137 Å². The highest BCUT2D eigenvalue weighted by Crippen LogP contribution is 2.32. The lowest BCUT2D eigenvalue weighted by atomic mass is 10.0. The highest BCUT2D eigenvalue weighted by atomic mass is 16.6. The molecule has 0 N–H and O–H groups in total. The Balaban J connectivity index is 1.78. The summed E-state index contributed by atoms with van der Waals surface area (Å²) in [7, 11) is 0. The van der Waals surface area contributed by atoms with Gasteiger partial charge in [0.05, 0.1) is 0 Å². The van der Waals surface area contributed by atoms with Crippen LogP contribution in [0.1, 0.15) is 58.4 Å². The van der Waals surface area contributed by atoms with Crippen LogP contribution < -0.4 is 4.90 Å². The average molecular weight is 315 g/mol. The van der Waals surface area contributed by atoms with Crippen molar-refractivity contribution >= 4 is 17.6 Å². The van der Waals surface area contributed by atoms with Gasteiger partial charge in [-0.25, -0.2) is 9.78 Å². The van der Waals surface area contributed by atoms with Gasteiger partial charge in [0.1, 0.15) is 11.4 Å². The van der Waals surface area contributed by atoms with E-state index >= 15 is 0 Å². The molecule has 5 heteroatoms. The van der Waals surface area contributed by atoms with E-state index in [1.165, 1.54) is 12.8 Å². The number of rotatable bonds is 3. The van der Waals surface area contributed by atoms with Gasteiger partial charge in [0, 0.05) is 30.1 Å². The molecule has 124 valence electrons. The van der Waals surface area contributed by atoms with Gasteiger partial charge < -0.3 is 4.74 Å². The van der Waals surface area contributed by atoms with Gasteiger partial charge in [-0.3, -0.25) is 9.89 Å². The maximum absolute atomic E-state index is 12.5. The Bertz CT molecular complexity index is 598. The number of pyridine rings is 1. The van der Waals surface area contributed by atoms with Crippen LogP contribution in [0.4, 0.5) is 10.6 Å². The van der Waals surface area contributed by atoms with Crippen LogP contribution >= 0.6 is 0 Å². The van der Waals surface area contributed by atoms with Crippen molar-refractivity contribution < 1.29 is 9.53 Å². The molecule has 23 heavy (non-hydrogen) atoms. The second kappa shape index (κ2) is 6.30. The first-order valence-electron chi connectivity index (χ1n) is 8.46. The predicted octanol–water partition coefficient (Wildman–Crippen LogP) is 3.96. The van der Waals surface area contributed by atoms with Crippen molar-refractivity contribution in [2.24, 2.45) is 4.99 Å². The smallest absolute Gasteiger partial charge is 0.416 e. The Morgan fingerprint density at radius 2 is 2.04 bits per heavy atom. The lowest BCUT2D eigenvalue weighted by molar-refractivity contribution is 0.0576. The van der Waals surface area contributed by atoms with Crippen LogP contribution in [0.25, 0.3) is 0 Å². The molecular weight excluding hydrogens is 290 g/mol. The largest absolute Gasteiger partial charge is 0.443 e. The first-order valence-corrected chi connectivity index (χ1v) is 8.46. The van der Waals surface area contributed by atoms with Crippen LogP contribution in [-0.2, 0) is 4.74 Å². The van der Waals surface area contributed by atoms with E-state index in [0.717, 1.165) is 37.1 Å². The molecule has 0 bridgehead atoms. The lowest BCUT2D eigenvalue weighted by Gasteiger charge is -2.26. The summed E-state index contributed by atoms with van der Waals surface area (Å²) >= 11 is 0. The van der Waals surface area contributed by atoms with Gasteiger partial charge in [0.15, 0.2) is 0 Å². The molecule has 1 aliphatic heterocycles. The van der Waals surface area contributed by atoms with Crippen LogP contribution in [0, 0.1) is 0 Å². The van der Waals surface area contributed by atoms with Gasteiger partial charge >= 0.3 is 6.09 Å². The third kappa shape index (κ3) is 4.09. The van der Waals surface area contributed by atoms with E-state index in [1.54, 1.807) is 4.90 Å². The van der Waals surface area contributed by atoms with Crippen LogP contribution in [-0.4, -0.2) is 35.0 Å². The van der Waals surface area contributed by atoms with E-state index in [2.05, 4.69) is 9.98 Å². The molecule has 1 aromatic heterocycles. The molecule has 1 aromatic rings. The van der Waals surface area contributed by atoms with Crippen molar-refractivity contribution in [2.45, 2.75) is 64.5 Å². The van der Waals surface area contributed by atoms with Gasteiger partial charge in [-0.05, 0) is 65.0 Å². The summed E-state index contributed by atoms with van der Waals surface area (Å²) in [4.78, 5) is 23.2. The van der Waals surface area contributed by atoms with Gasteiger partial charge in [-0.2, -0.15) is 0 Å². The third-order valence-electron chi connectivity index (χ3n) is 3.95. The minimum atomic E-state index is -0.499. The van der Waals surface area contributed by atoms with E-state index in [4.69, 9.17) is 4.74 Å². The summed E-state index contributed by atoms with van der Waals surface area (Å²) in [6.45, 7) is 6.55. The fourth-order valence-electron chi connectivity index (χ4n) is 2.71. The van der Waals surface area contributed by atoms with Crippen molar-refractivity contribution in [3.05, 3.63) is 23.9 Å². The molecule has 2 heterocycles. The van der Waals surface area contributed by atoms with Gasteiger partial charge in [-0.15, -0.1) is 0 Å². The molecule has 1 amide bonds. The van der Waals surface area contributed by atoms with Crippen LogP contribution in [0.2, 0.25) is 0 Å². The molecule has 1 fully saturated rings. The maximum atomic E-state index is 12.5. The van der Waals surface area contributed by atoms with E-state index in [-0.39, 0.29) is 12.1 Å². The van der Waals surface area contributed by atoms with E-state index in [0.29, 0.717) is 5.82 Å². The second-order valence-corrected chi connectivity index (χ2v) is 7.27. The molecule has 0 spiro atoms. The standard InChI is InChI=1S/C18H25N3O2/c1-18(2,3)23-17(22)21(14-8-9-14)16-10-7-13(12-20-16)15-6-4-5-11-19-15/h7,10,12,14H,4-6,8-9,11H2,1-3H3. The van der Waals surface area contributed by atoms with Gasteiger partial charge in [-0.1, -0.05) is 0 Å². The minimum absolute atomic E-state index is 0.218. The molecule has 0 unspecified atom stereocenters. The average Bonchev–Trinajstić information content (AvgIpc) is 3.32. The Kier molecular flexibility index (Phi) is 4.37. The molecule has 1 saturated carbocycles. The number of aromatic nitrogens is 1. The molecule has 2 aliphatic rings.